The lowest BCUT2D eigenvalue weighted by Crippen LogP contribution is -2.10. The third-order valence-electron chi connectivity index (χ3n) is 4.56. The Balaban J connectivity index is 1.56. The number of hydrogen-bond donors (Lipinski definition) is 1. The van der Waals surface area contributed by atoms with Crippen molar-refractivity contribution >= 4 is 44.0 Å². The summed E-state index contributed by atoms with van der Waals surface area (Å²) in [6.45, 7) is 0. The van der Waals surface area contributed by atoms with E-state index < -0.39 is 0 Å². The molecule has 0 fully saturated rings. The molecule has 4 aromatic rings. The summed E-state index contributed by atoms with van der Waals surface area (Å²) in [7, 11) is 0. The van der Waals surface area contributed by atoms with Gasteiger partial charge in [-0.05, 0) is 5.56 Å². The number of rotatable bonds is 7. The van der Waals surface area contributed by atoms with Crippen molar-refractivity contribution in [3.63, 3.8) is 0 Å². The topological polar surface area (TPSA) is 63.1 Å². The average molecular weight is 537 g/mol. The Kier molecular flexibility index (Phi) is 7.17. The molecule has 0 aliphatic rings. The van der Waals surface area contributed by atoms with E-state index in [1.165, 1.54) is 0 Å². The van der Waals surface area contributed by atoms with Crippen molar-refractivity contribution in [3.8, 4) is 22.5 Å². The monoisotopic (exact) mass is 535 g/mol. The van der Waals surface area contributed by atoms with Gasteiger partial charge in [-0.3, -0.25) is 0 Å². The van der Waals surface area contributed by atoms with Crippen molar-refractivity contribution in [1.82, 2.24) is 15.2 Å². The molecular formula is C24H19Br2N5. The summed E-state index contributed by atoms with van der Waals surface area (Å²) in [6, 6.07) is 30.0. The van der Waals surface area contributed by atoms with E-state index in [0.29, 0.717) is 5.95 Å². The predicted octanol–water partition coefficient (Wildman–Crippen LogP) is 6.50. The Morgan fingerprint density at radius 1 is 0.710 bits per heavy atom. The Labute approximate surface area is 197 Å². The molecule has 0 saturated heterocycles. The summed E-state index contributed by atoms with van der Waals surface area (Å²) in [4.78, 5) is 4.75. The molecule has 5 nitrogen and oxygen atoms in total. The summed E-state index contributed by atoms with van der Waals surface area (Å²) < 4.78 is 0. The zero-order chi connectivity index (χ0) is 21.5. The molecule has 0 aliphatic carbocycles. The van der Waals surface area contributed by atoms with E-state index in [2.05, 4.69) is 64.7 Å². The fraction of sp³-hybridized carbons (Fsp3) is 0.0833. The third-order valence-corrected chi connectivity index (χ3v) is 7.13. The van der Waals surface area contributed by atoms with Gasteiger partial charge >= 0.3 is 0 Å². The lowest BCUT2D eigenvalue weighted by Gasteiger charge is -2.13. The maximum atomic E-state index is 4.69. The van der Waals surface area contributed by atoms with Gasteiger partial charge in [-0.15, -0.1) is 10.2 Å². The molecule has 0 radical (unpaired) electrons. The molecule has 1 N–H and O–H groups in total. The minimum Gasteiger partial charge on any atom is -0.244 e. The van der Waals surface area contributed by atoms with Crippen LogP contribution in [-0.4, -0.2) is 26.2 Å². The molecule has 0 spiro atoms. The van der Waals surface area contributed by atoms with Gasteiger partial charge in [0.05, 0.1) is 9.65 Å². The fourth-order valence-electron chi connectivity index (χ4n) is 3.02. The molecule has 0 bridgehead atoms. The summed E-state index contributed by atoms with van der Waals surface area (Å²) >= 11 is 7.36. The van der Waals surface area contributed by atoms with Crippen LogP contribution in [0.2, 0.25) is 0 Å². The molecule has 0 aliphatic heterocycles. The minimum absolute atomic E-state index is 0.0208. The van der Waals surface area contributed by atoms with Crippen molar-refractivity contribution in [1.29, 1.82) is 0 Å². The van der Waals surface area contributed by atoms with Gasteiger partial charge in [-0.1, -0.05) is 123 Å². The molecule has 4 rings (SSSR count). The lowest BCUT2D eigenvalue weighted by molar-refractivity contribution is 0.970. The van der Waals surface area contributed by atoms with Crippen molar-refractivity contribution in [3.05, 3.63) is 96.6 Å². The van der Waals surface area contributed by atoms with E-state index in [-0.39, 0.29) is 9.65 Å². The number of hydrazone groups is 1. The van der Waals surface area contributed by atoms with Crippen molar-refractivity contribution in [2.45, 2.75) is 9.65 Å². The summed E-state index contributed by atoms with van der Waals surface area (Å²) in [5.41, 5.74) is 7.46. The first-order valence-electron chi connectivity index (χ1n) is 9.70. The van der Waals surface area contributed by atoms with Gasteiger partial charge in [-0.25, -0.2) is 10.4 Å². The number of benzene rings is 3. The minimum atomic E-state index is -0.0208. The largest absolute Gasteiger partial charge is 0.263 e. The number of nitrogens with one attached hydrogen (secondary N) is 1. The number of anilines is 1. The van der Waals surface area contributed by atoms with Crippen LogP contribution < -0.4 is 5.43 Å². The molecule has 7 heteroatoms. The first-order valence-corrected chi connectivity index (χ1v) is 11.5. The molecule has 0 unspecified atom stereocenters. The molecule has 0 saturated carbocycles. The van der Waals surface area contributed by atoms with Gasteiger partial charge in [0.25, 0.3) is 5.95 Å². The molecule has 3 aromatic carbocycles. The van der Waals surface area contributed by atoms with Gasteiger partial charge in [0, 0.05) is 17.3 Å². The van der Waals surface area contributed by atoms with E-state index in [0.717, 1.165) is 28.1 Å². The molecule has 31 heavy (non-hydrogen) atoms. The number of halogens is 2. The highest BCUT2D eigenvalue weighted by Crippen LogP contribution is 2.30. The van der Waals surface area contributed by atoms with E-state index in [1.807, 2.05) is 78.9 Å². The second-order valence-electron chi connectivity index (χ2n) is 6.71. The summed E-state index contributed by atoms with van der Waals surface area (Å²) in [6.07, 6.45) is 1.77. The van der Waals surface area contributed by atoms with Gasteiger partial charge in [0.15, 0.2) is 0 Å². The fourth-order valence-corrected chi connectivity index (χ4v) is 3.89. The van der Waals surface area contributed by atoms with Crippen LogP contribution in [0.15, 0.2) is 96.1 Å². The zero-order valence-corrected chi connectivity index (χ0v) is 19.6. The maximum Gasteiger partial charge on any atom is 0.263 e. The second kappa shape index (κ2) is 10.4. The van der Waals surface area contributed by atoms with E-state index in [4.69, 9.17) is 4.98 Å². The molecule has 154 valence electrons. The van der Waals surface area contributed by atoms with Crippen molar-refractivity contribution in [2.75, 3.05) is 5.43 Å². The highest BCUT2D eigenvalue weighted by Gasteiger charge is 2.16. The molecule has 1 heterocycles. The van der Waals surface area contributed by atoms with Crippen LogP contribution in [0.4, 0.5) is 5.95 Å². The molecule has 1 aromatic heterocycles. The van der Waals surface area contributed by atoms with Crippen molar-refractivity contribution < 1.29 is 0 Å². The van der Waals surface area contributed by atoms with Gasteiger partial charge in [0.1, 0.15) is 11.4 Å². The average Bonchev–Trinajstić information content (AvgIpc) is 2.85. The number of alkyl halides is 2. The highest BCUT2D eigenvalue weighted by atomic mass is 79.9. The first-order chi connectivity index (χ1) is 15.2. The van der Waals surface area contributed by atoms with Crippen LogP contribution in [-0.2, 0) is 0 Å². The van der Waals surface area contributed by atoms with Crippen LogP contribution in [0.3, 0.4) is 0 Å². The summed E-state index contributed by atoms with van der Waals surface area (Å²) in [5.74, 6) is 0.334. The van der Waals surface area contributed by atoms with E-state index in [1.54, 1.807) is 6.21 Å². The molecular weight excluding hydrogens is 518 g/mol. The molecule has 0 amide bonds. The quantitative estimate of drug-likeness (QED) is 0.166. The number of nitrogens with zero attached hydrogens (tertiary/aromatic N) is 4. The highest BCUT2D eigenvalue weighted by molar-refractivity contribution is 9.12. The predicted molar refractivity (Wildman–Crippen MR) is 134 cm³/mol. The smallest absolute Gasteiger partial charge is 0.244 e. The Morgan fingerprint density at radius 2 is 1.26 bits per heavy atom. The van der Waals surface area contributed by atoms with Crippen molar-refractivity contribution in [2.24, 2.45) is 5.10 Å². The van der Waals surface area contributed by atoms with Crippen LogP contribution in [0.5, 0.6) is 0 Å². The van der Waals surface area contributed by atoms with Crippen LogP contribution in [0, 0.1) is 0 Å². The maximum absolute atomic E-state index is 4.69. The van der Waals surface area contributed by atoms with Crippen LogP contribution in [0.25, 0.3) is 22.5 Å². The third kappa shape index (κ3) is 5.42. The number of aromatic nitrogens is 3. The standard InChI is InChI=1S/C24H19Br2N5/c25-20(21(26)17-10-4-1-5-11-17)16-27-30-24-28-22(18-12-6-2-7-13-18)23(29-31-24)19-14-8-3-9-15-19/h1-16,20-21H,(H,28,30,31)/b27-16+/t20-,21+/m0/s1. The Hall–Kier alpha value is -2.90. The lowest BCUT2D eigenvalue weighted by atomic mass is 10.0. The number of hydrogen-bond acceptors (Lipinski definition) is 5. The van der Waals surface area contributed by atoms with Gasteiger partial charge in [0.2, 0.25) is 0 Å². The van der Waals surface area contributed by atoms with Crippen LogP contribution in [0.1, 0.15) is 10.4 Å². The van der Waals surface area contributed by atoms with E-state index in [9.17, 15) is 0 Å². The second-order valence-corrected chi connectivity index (χ2v) is 8.76. The normalized spacial score (nSPS) is 13.1. The summed E-state index contributed by atoms with van der Waals surface area (Å²) in [5, 5.41) is 13.0. The first kappa shape index (κ1) is 21.3. The zero-order valence-electron chi connectivity index (χ0n) is 16.4. The Morgan fingerprint density at radius 3 is 1.87 bits per heavy atom. The van der Waals surface area contributed by atoms with Gasteiger partial charge in [-0.2, -0.15) is 5.10 Å². The Bertz CT molecular complexity index is 1140. The SMILES string of the molecule is Br[C@H](c1ccccc1)[C@@H](Br)/C=N/Nc1nnc(-c2ccccc2)c(-c2ccccc2)n1. The van der Waals surface area contributed by atoms with Crippen LogP contribution >= 0.6 is 31.9 Å². The molecule has 2 atom stereocenters. The van der Waals surface area contributed by atoms with E-state index >= 15 is 0 Å². The van der Waals surface area contributed by atoms with Gasteiger partial charge < -0.3 is 0 Å².